The van der Waals surface area contributed by atoms with Crippen molar-refractivity contribution in [1.29, 1.82) is 5.41 Å². The minimum atomic E-state index is -2.64. The van der Waals surface area contributed by atoms with Crippen LogP contribution in [0.2, 0.25) is 0 Å². The summed E-state index contributed by atoms with van der Waals surface area (Å²) < 4.78 is 34.3. The number of rotatable bonds is 4. The first-order valence-electron chi connectivity index (χ1n) is 10.6. The Kier molecular flexibility index (Phi) is 4.44. The molecule has 1 saturated heterocycles. The van der Waals surface area contributed by atoms with Crippen molar-refractivity contribution in [3.63, 3.8) is 0 Å². The van der Waals surface area contributed by atoms with E-state index in [0.717, 1.165) is 11.8 Å². The second kappa shape index (κ2) is 6.88. The lowest BCUT2D eigenvalue weighted by atomic mass is 9.60. The van der Waals surface area contributed by atoms with Crippen molar-refractivity contribution in [2.45, 2.75) is 44.6 Å². The molecule has 1 saturated carbocycles. The molecule has 32 heavy (non-hydrogen) atoms. The van der Waals surface area contributed by atoms with Gasteiger partial charge in [0, 0.05) is 56.2 Å². The molecule has 0 unspecified atom stereocenters. The number of hydrogen-bond donors (Lipinski definition) is 3. The summed E-state index contributed by atoms with van der Waals surface area (Å²) in [6, 6.07) is 3.69. The Morgan fingerprint density at radius 3 is 2.69 bits per heavy atom. The first-order chi connectivity index (χ1) is 15.1. The third kappa shape index (κ3) is 3.18. The van der Waals surface area contributed by atoms with Gasteiger partial charge in [-0.05, 0) is 32.4 Å². The highest BCUT2D eigenvalue weighted by Crippen LogP contribution is 2.60. The summed E-state index contributed by atoms with van der Waals surface area (Å²) in [6.07, 6.45) is 6.89. The fourth-order valence-corrected chi connectivity index (χ4v) is 4.82. The van der Waals surface area contributed by atoms with Crippen molar-refractivity contribution in [2.24, 2.45) is 10.4 Å². The van der Waals surface area contributed by atoms with E-state index < -0.39 is 17.2 Å². The summed E-state index contributed by atoms with van der Waals surface area (Å²) in [7, 11) is 0. The Morgan fingerprint density at radius 1 is 1.31 bits per heavy atom. The first-order valence-corrected chi connectivity index (χ1v) is 10.6. The number of fused-ring (bicyclic) bond motifs is 1. The van der Waals surface area contributed by atoms with Crippen LogP contribution in [0.5, 0.6) is 5.75 Å². The zero-order valence-corrected chi connectivity index (χ0v) is 18.0. The molecule has 1 spiro atoms. The number of carbonyl (C=O) groups excluding carboxylic acids is 1. The van der Waals surface area contributed by atoms with Crippen molar-refractivity contribution in [3.8, 4) is 5.75 Å². The van der Waals surface area contributed by atoms with Crippen molar-refractivity contribution >= 4 is 29.7 Å². The quantitative estimate of drug-likeness (QED) is 0.492. The van der Waals surface area contributed by atoms with Crippen LogP contribution in [0.25, 0.3) is 0 Å². The van der Waals surface area contributed by atoms with E-state index in [1.54, 1.807) is 12.3 Å². The number of aliphatic imine (C=N–C) groups is 1. The molecule has 0 radical (unpaired) electrons. The van der Waals surface area contributed by atoms with Crippen LogP contribution in [0.15, 0.2) is 40.8 Å². The second-order valence-corrected chi connectivity index (χ2v) is 9.50. The maximum absolute atomic E-state index is 14.1. The molecule has 9 heteroatoms. The number of ether oxygens (including phenoxy) is 1. The van der Waals surface area contributed by atoms with Crippen LogP contribution >= 0.6 is 0 Å². The number of halogens is 2. The maximum Gasteiger partial charge on any atom is 0.261 e. The molecule has 3 heterocycles. The van der Waals surface area contributed by atoms with Crippen molar-refractivity contribution < 1.29 is 18.3 Å². The van der Waals surface area contributed by atoms with Crippen LogP contribution < -0.4 is 20.3 Å². The molecule has 5 rings (SSSR count). The topological polar surface area (TPSA) is 89.8 Å². The molecule has 3 aliphatic heterocycles. The minimum Gasteiger partial charge on any atom is -0.487 e. The fraction of sp³-hybridized carbons (Fsp3) is 0.435. The number of anilines is 2. The molecule has 0 bridgehead atoms. The van der Waals surface area contributed by atoms with Crippen LogP contribution in [0.4, 0.5) is 20.2 Å². The summed E-state index contributed by atoms with van der Waals surface area (Å²) in [4.78, 5) is 19.0. The van der Waals surface area contributed by atoms with Gasteiger partial charge in [0.15, 0.2) is 0 Å². The predicted molar refractivity (Wildman–Crippen MR) is 119 cm³/mol. The third-order valence-corrected chi connectivity index (χ3v) is 6.70. The molecular formula is C23H25F2N5O2. The van der Waals surface area contributed by atoms with E-state index in [9.17, 15) is 13.6 Å². The van der Waals surface area contributed by atoms with E-state index in [1.807, 2.05) is 30.9 Å². The average Bonchev–Trinajstić information content (AvgIpc) is 3.00. The molecule has 4 aliphatic rings. The lowest BCUT2D eigenvalue weighted by Gasteiger charge is -2.60. The Bertz CT molecular complexity index is 1100. The molecule has 1 aromatic carbocycles. The Balaban J connectivity index is 1.46. The van der Waals surface area contributed by atoms with E-state index in [0.29, 0.717) is 30.0 Å². The molecule has 168 valence electrons. The normalized spacial score (nSPS) is 24.6. The number of amides is 1. The number of nitrogens with one attached hydrogen (secondary N) is 3. The average molecular weight is 441 g/mol. The molecule has 0 aromatic heterocycles. The Morgan fingerprint density at radius 2 is 2.09 bits per heavy atom. The molecule has 2 fully saturated rings. The van der Waals surface area contributed by atoms with E-state index in [4.69, 9.17) is 10.1 Å². The zero-order valence-electron chi connectivity index (χ0n) is 18.0. The zero-order chi connectivity index (χ0) is 22.7. The second-order valence-electron chi connectivity index (χ2n) is 9.50. The van der Waals surface area contributed by atoms with Gasteiger partial charge >= 0.3 is 0 Å². The van der Waals surface area contributed by atoms with Gasteiger partial charge in [0.25, 0.3) is 11.8 Å². The summed E-state index contributed by atoms with van der Waals surface area (Å²) in [5.74, 6) is -2.17. The van der Waals surface area contributed by atoms with Crippen LogP contribution in [-0.2, 0) is 11.2 Å². The van der Waals surface area contributed by atoms with E-state index in [2.05, 4.69) is 15.6 Å². The molecule has 1 aromatic rings. The largest absolute Gasteiger partial charge is 0.487 e. The van der Waals surface area contributed by atoms with Crippen LogP contribution in [0.1, 0.15) is 32.3 Å². The Labute approximate surface area is 184 Å². The van der Waals surface area contributed by atoms with E-state index in [1.165, 1.54) is 6.21 Å². The Hall–Kier alpha value is -3.23. The predicted octanol–water partition coefficient (Wildman–Crippen LogP) is 3.62. The van der Waals surface area contributed by atoms with Gasteiger partial charge < -0.3 is 25.7 Å². The smallest absolute Gasteiger partial charge is 0.261 e. The van der Waals surface area contributed by atoms with Crippen LogP contribution in [0.3, 0.4) is 0 Å². The summed E-state index contributed by atoms with van der Waals surface area (Å²) >= 11 is 0. The standard InChI is InChI=1S/C23H25F2N5O2/c1-21(2)10-14-8-16(29-20(31)15(11-26)19-27-6-3-7-28-19)17(9-18(14)32-21)30-12-22(13-30)4-5-23(22,24)25/h3,6-9,11,26-27H,4-5,10,12-13H2,1-2H3,(H,29,31)/b19-15-,26-11?. The molecule has 0 atom stereocenters. The number of nitrogens with zero attached hydrogens (tertiary/aromatic N) is 2. The number of allylic oxidation sites excluding steroid dienone is 1. The highest BCUT2D eigenvalue weighted by Gasteiger charge is 2.67. The lowest BCUT2D eigenvalue weighted by Crippen LogP contribution is -2.70. The summed E-state index contributed by atoms with van der Waals surface area (Å²) in [5.41, 5.74) is 0.829. The molecule has 3 N–H and O–H groups in total. The van der Waals surface area contributed by atoms with Gasteiger partial charge in [-0.1, -0.05) is 0 Å². The number of hydrogen-bond acceptors (Lipinski definition) is 6. The number of benzene rings is 1. The maximum atomic E-state index is 14.1. The van der Waals surface area contributed by atoms with Gasteiger partial charge in [-0.15, -0.1) is 0 Å². The van der Waals surface area contributed by atoms with E-state index >= 15 is 0 Å². The first kappa shape index (κ1) is 20.7. The molecule has 7 nitrogen and oxygen atoms in total. The van der Waals surface area contributed by atoms with Gasteiger partial charge in [0.1, 0.15) is 17.2 Å². The van der Waals surface area contributed by atoms with Crippen LogP contribution in [0, 0.1) is 10.8 Å². The summed E-state index contributed by atoms with van der Waals surface area (Å²) in [6.45, 7) is 4.44. The van der Waals surface area contributed by atoms with Crippen LogP contribution in [-0.4, -0.2) is 42.9 Å². The SMILES string of the molecule is CC1(C)Cc2cc(NC(=O)/C(C=N)=C3\N=CC=CN3)c(N3CC4(CCC4(F)F)C3)cc2O1. The summed E-state index contributed by atoms with van der Waals surface area (Å²) in [5, 5.41) is 13.4. The number of carbonyl (C=O) groups is 1. The van der Waals surface area contributed by atoms with Gasteiger partial charge in [0.2, 0.25) is 0 Å². The van der Waals surface area contributed by atoms with E-state index in [-0.39, 0.29) is 36.5 Å². The van der Waals surface area contributed by atoms with Crippen molar-refractivity contribution in [3.05, 3.63) is 41.4 Å². The fourth-order valence-electron chi connectivity index (χ4n) is 4.82. The molecule has 1 amide bonds. The number of alkyl halides is 2. The van der Waals surface area contributed by atoms with Gasteiger partial charge in [0.05, 0.1) is 22.4 Å². The van der Waals surface area contributed by atoms with Crippen molar-refractivity contribution in [1.82, 2.24) is 5.32 Å². The molecule has 1 aliphatic carbocycles. The monoisotopic (exact) mass is 441 g/mol. The van der Waals surface area contributed by atoms with Gasteiger partial charge in [-0.25, -0.2) is 13.8 Å². The third-order valence-electron chi connectivity index (χ3n) is 6.70. The highest BCUT2D eigenvalue weighted by molar-refractivity contribution is 6.18. The lowest BCUT2D eigenvalue weighted by molar-refractivity contribution is -0.212. The molecular weight excluding hydrogens is 416 g/mol. The van der Waals surface area contributed by atoms with Gasteiger partial charge in [-0.2, -0.15) is 0 Å². The minimum absolute atomic E-state index is 0.0653. The van der Waals surface area contributed by atoms with Crippen molar-refractivity contribution in [2.75, 3.05) is 23.3 Å². The highest BCUT2D eigenvalue weighted by atomic mass is 19.3. The van der Waals surface area contributed by atoms with Gasteiger partial charge in [-0.3, -0.25) is 4.79 Å².